The van der Waals surface area contributed by atoms with Gasteiger partial charge in [0.1, 0.15) is 6.10 Å². The molecule has 0 aromatic carbocycles. The van der Waals surface area contributed by atoms with Crippen molar-refractivity contribution in [2.24, 2.45) is 34.0 Å². The summed E-state index contributed by atoms with van der Waals surface area (Å²) in [5.74, 6) is -3.40. The molecular weight excluding hydrogens is 416 g/mol. The molecular formula is C24H34O8. The Morgan fingerprint density at radius 2 is 1.62 bits per heavy atom. The molecule has 0 aliphatic heterocycles. The van der Waals surface area contributed by atoms with Gasteiger partial charge in [0.2, 0.25) is 0 Å². The van der Waals surface area contributed by atoms with Crippen LogP contribution in [0.2, 0.25) is 0 Å². The third kappa shape index (κ3) is 2.75. The third-order valence-electron chi connectivity index (χ3n) is 9.12. The van der Waals surface area contributed by atoms with Crippen LogP contribution < -0.4 is 0 Å². The molecule has 10 unspecified atom stereocenters. The van der Waals surface area contributed by atoms with Crippen LogP contribution in [-0.2, 0) is 23.9 Å². The number of rotatable bonds is 2. The molecule has 3 N–H and O–H groups in total. The number of hydrogen-bond donors (Lipinski definition) is 3. The Bertz CT molecular complexity index is 879. The summed E-state index contributed by atoms with van der Waals surface area (Å²) in [5.41, 5.74) is -2.78. The molecule has 0 heterocycles. The highest BCUT2D eigenvalue weighted by Crippen LogP contribution is 2.71. The van der Waals surface area contributed by atoms with Crippen molar-refractivity contribution >= 4 is 17.7 Å². The Kier molecular flexibility index (Phi) is 5.20. The average Bonchev–Trinajstić information content (AvgIpc) is 2.84. The average molecular weight is 451 g/mol. The summed E-state index contributed by atoms with van der Waals surface area (Å²) >= 11 is 0. The van der Waals surface area contributed by atoms with Crippen molar-refractivity contribution in [3.05, 3.63) is 12.2 Å². The molecule has 0 radical (unpaired) electrons. The molecule has 8 heteroatoms. The zero-order valence-electron chi connectivity index (χ0n) is 19.3. The van der Waals surface area contributed by atoms with Crippen LogP contribution in [0.5, 0.6) is 0 Å². The molecule has 2 bridgehead atoms. The predicted octanol–water partition coefficient (Wildman–Crippen LogP) is 1.15. The maximum absolute atomic E-state index is 14.1. The predicted molar refractivity (Wildman–Crippen MR) is 112 cm³/mol. The van der Waals surface area contributed by atoms with Gasteiger partial charge in [0, 0.05) is 42.9 Å². The highest BCUT2D eigenvalue weighted by atomic mass is 16.6. The smallest absolute Gasteiger partial charge is 0.303 e. The molecule has 4 aliphatic rings. The molecule has 4 saturated carbocycles. The molecule has 10 atom stereocenters. The fourth-order valence-corrected chi connectivity index (χ4v) is 8.11. The van der Waals surface area contributed by atoms with E-state index in [1.807, 2.05) is 0 Å². The Hall–Kier alpha value is -1.77. The van der Waals surface area contributed by atoms with E-state index < -0.39 is 76.3 Å². The van der Waals surface area contributed by atoms with Crippen LogP contribution in [0.1, 0.15) is 53.9 Å². The van der Waals surface area contributed by atoms with Gasteiger partial charge in [0.15, 0.2) is 11.9 Å². The van der Waals surface area contributed by atoms with Gasteiger partial charge >= 0.3 is 11.9 Å². The zero-order valence-corrected chi connectivity index (χ0v) is 19.3. The minimum atomic E-state index is -1.29. The van der Waals surface area contributed by atoms with E-state index in [1.54, 1.807) is 20.8 Å². The Balaban J connectivity index is 1.94. The van der Waals surface area contributed by atoms with Gasteiger partial charge in [-0.3, -0.25) is 14.4 Å². The standard InChI is InChI=1S/C24H34O8/c1-10-13-7-14(27)18-23(6)15(28)8-16(31-11(2)25)22(4,5)19(23)17(29)21(32-12(3)26)24(18,9-13)20(10)30/h13-16,18-21,27-28,30H,1,7-9H2,2-6H3. The topological polar surface area (TPSA) is 130 Å². The van der Waals surface area contributed by atoms with Crippen molar-refractivity contribution in [2.45, 2.75) is 84.4 Å². The lowest BCUT2D eigenvalue weighted by Crippen LogP contribution is -2.75. The normalized spacial score (nSPS) is 49.1. The van der Waals surface area contributed by atoms with Gasteiger partial charge in [-0.25, -0.2) is 0 Å². The van der Waals surface area contributed by atoms with Crippen molar-refractivity contribution in [1.82, 2.24) is 0 Å². The van der Waals surface area contributed by atoms with E-state index in [0.29, 0.717) is 18.4 Å². The van der Waals surface area contributed by atoms with E-state index in [4.69, 9.17) is 9.47 Å². The second-order valence-corrected chi connectivity index (χ2v) is 11.1. The SMILES string of the molecule is C=C1C2CC(O)C3C4(C)C(O)CC(OC(C)=O)C(C)(C)C4C(=O)C(OC(C)=O)C3(C2)C1O. The van der Waals surface area contributed by atoms with E-state index in [9.17, 15) is 29.7 Å². The van der Waals surface area contributed by atoms with Gasteiger partial charge in [0.05, 0.1) is 23.7 Å². The fraction of sp³-hybridized carbons (Fsp3) is 0.792. The summed E-state index contributed by atoms with van der Waals surface area (Å²) in [6.07, 6.45) is -4.39. The number of hydrogen-bond acceptors (Lipinski definition) is 8. The van der Waals surface area contributed by atoms with Crippen LogP contribution in [-0.4, -0.2) is 63.6 Å². The first-order valence-corrected chi connectivity index (χ1v) is 11.3. The first-order valence-electron chi connectivity index (χ1n) is 11.3. The van der Waals surface area contributed by atoms with Crippen molar-refractivity contribution in [1.29, 1.82) is 0 Å². The molecule has 178 valence electrons. The highest BCUT2D eigenvalue weighted by Gasteiger charge is 2.78. The van der Waals surface area contributed by atoms with Gasteiger partial charge in [-0.1, -0.05) is 27.4 Å². The second kappa shape index (κ2) is 7.11. The molecule has 0 amide bonds. The highest BCUT2D eigenvalue weighted by molar-refractivity contribution is 5.91. The summed E-state index contributed by atoms with van der Waals surface area (Å²) in [6, 6.07) is 0. The van der Waals surface area contributed by atoms with Gasteiger partial charge in [-0.15, -0.1) is 0 Å². The fourth-order valence-electron chi connectivity index (χ4n) is 8.11. The molecule has 0 aromatic heterocycles. The number of ketones is 1. The first-order chi connectivity index (χ1) is 14.7. The molecule has 4 fully saturated rings. The largest absolute Gasteiger partial charge is 0.462 e. The lowest BCUT2D eigenvalue weighted by atomic mass is 9.38. The van der Waals surface area contributed by atoms with Gasteiger partial charge in [-0.2, -0.15) is 0 Å². The summed E-state index contributed by atoms with van der Waals surface area (Å²) in [7, 11) is 0. The van der Waals surface area contributed by atoms with E-state index in [0.717, 1.165) is 0 Å². The minimum Gasteiger partial charge on any atom is -0.462 e. The Morgan fingerprint density at radius 1 is 1.03 bits per heavy atom. The monoisotopic (exact) mass is 450 g/mol. The quantitative estimate of drug-likeness (QED) is 0.422. The number of aliphatic hydroxyl groups is 3. The summed E-state index contributed by atoms with van der Waals surface area (Å²) in [5, 5.41) is 34.1. The van der Waals surface area contributed by atoms with Gasteiger partial charge < -0.3 is 24.8 Å². The molecule has 0 saturated heterocycles. The van der Waals surface area contributed by atoms with Crippen molar-refractivity contribution < 1.29 is 39.2 Å². The lowest BCUT2D eigenvalue weighted by Gasteiger charge is -2.67. The molecule has 1 spiro atoms. The minimum absolute atomic E-state index is 0.102. The number of fused-ring (bicyclic) bond motifs is 3. The van der Waals surface area contributed by atoms with Crippen molar-refractivity contribution in [3.63, 3.8) is 0 Å². The van der Waals surface area contributed by atoms with E-state index in [1.165, 1.54) is 13.8 Å². The molecule has 32 heavy (non-hydrogen) atoms. The van der Waals surface area contributed by atoms with Gasteiger partial charge in [0.25, 0.3) is 0 Å². The van der Waals surface area contributed by atoms with Crippen molar-refractivity contribution in [3.8, 4) is 0 Å². The number of carbonyl (C=O) groups excluding carboxylic acids is 3. The Morgan fingerprint density at radius 3 is 2.19 bits per heavy atom. The van der Waals surface area contributed by atoms with E-state index >= 15 is 0 Å². The molecule has 0 aromatic rings. The van der Waals surface area contributed by atoms with Gasteiger partial charge in [-0.05, 0) is 24.3 Å². The maximum Gasteiger partial charge on any atom is 0.303 e. The molecule has 4 rings (SSSR count). The summed E-state index contributed by atoms with van der Waals surface area (Å²) in [6.45, 7) is 11.9. The van der Waals surface area contributed by atoms with Crippen LogP contribution in [0.4, 0.5) is 0 Å². The number of Topliss-reactive ketones (excluding diaryl/α,β-unsaturated/α-hetero) is 1. The number of ether oxygens (including phenoxy) is 2. The van der Waals surface area contributed by atoms with Crippen LogP contribution >= 0.6 is 0 Å². The van der Waals surface area contributed by atoms with Crippen LogP contribution in [0.25, 0.3) is 0 Å². The Labute approximate surface area is 188 Å². The maximum atomic E-state index is 14.1. The zero-order chi connectivity index (χ0) is 24.0. The van der Waals surface area contributed by atoms with Crippen LogP contribution in [0.3, 0.4) is 0 Å². The summed E-state index contributed by atoms with van der Waals surface area (Å²) in [4.78, 5) is 38.0. The third-order valence-corrected chi connectivity index (χ3v) is 9.12. The second-order valence-electron chi connectivity index (χ2n) is 11.1. The van der Waals surface area contributed by atoms with E-state index in [2.05, 4.69) is 6.58 Å². The van der Waals surface area contributed by atoms with Crippen LogP contribution in [0.15, 0.2) is 12.2 Å². The number of esters is 2. The lowest BCUT2D eigenvalue weighted by molar-refractivity contribution is -0.273. The number of aliphatic hydroxyl groups excluding tert-OH is 3. The first kappa shape index (κ1) is 23.4. The van der Waals surface area contributed by atoms with Crippen molar-refractivity contribution in [2.75, 3.05) is 0 Å². The summed E-state index contributed by atoms with van der Waals surface area (Å²) < 4.78 is 11.1. The van der Waals surface area contributed by atoms with Crippen LogP contribution in [0, 0.1) is 34.0 Å². The molecule has 4 aliphatic carbocycles. The number of carbonyl (C=O) groups is 3. The molecule has 8 nitrogen and oxygen atoms in total. The van der Waals surface area contributed by atoms with E-state index in [-0.39, 0.29) is 12.3 Å².